The Morgan fingerprint density at radius 3 is 2.79 bits per heavy atom. The molecule has 0 aliphatic carbocycles. The Balaban J connectivity index is 2.13. The lowest BCUT2D eigenvalue weighted by atomic mass is 10.2. The summed E-state index contributed by atoms with van der Waals surface area (Å²) in [5.74, 6) is -0.542. The van der Waals surface area contributed by atoms with Crippen molar-refractivity contribution in [1.82, 2.24) is 14.6 Å². The highest BCUT2D eigenvalue weighted by Gasteiger charge is 2.24. The number of aliphatic hydroxyl groups excluding tert-OH is 1. The van der Waals surface area contributed by atoms with E-state index in [9.17, 15) is 19.8 Å². The molecule has 8 heteroatoms. The normalized spacial score (nSPS) is 15.3. The molecule has 1 fully saturated rings. The van der Waals surface area contributed by atoms with E-state index in [2.05, 4.69) is 4.98 Å². The van der Waals surface area contributed by atoms with Crippen LogP contribution in [-0.4, -0.2) is 57.0 Å². The van der Waals surface area contributed by atoms with Crippen LogP contribution in [0.15, 0.2) is 23.1 Å². The molecule has 0 atom stereocenters. The zero-order valence-electron chi connectivity index (χ0n) is 13.5. The van der Waals surface area contributed by atoms with Crippen LogP contribution in [0, 0.1) is 0 Å². The number of pyridine rings is 2. The van der Waals surface area contributed by atoms with Gasteiger partial charge < -0.3 is 14.8 Å². The molecular weight excluding hydrogens is 312 g/mol. The van der Waals surface area contributed by atoms with E-state index in [1.807, 2.05) is 16.9 Å². The van der Waals surface area contributed by atoms with Crippen molar-refractivity contribution >= 4 is 22.8 Å². The molecule has 0 unspecified atom stereocenters. The number of aliphatic hydroxyl groups is 1. The van der Waals surface area contributed by atoms with E-state index < -0.39 is 11.4 Å². The second-order valence-electron chi connectivity index (χ2n) is 5.66. The van der Waals surface area contributed by atoms with Gasteiger partial charge in [0.2, 0.25) is 5.43 Å². The van der Waals surface area contributed by atoms with Gasteiger partial charge in [-0.2, -0.15) is 0 Å². The number of fused-ring (bicyclic) bond motifs is 1. The van der Waals surface area contributed by atoms with E-state index in [1.165, 1.54) is 6.20 Å². The first-order valence-corrected chi connectivity index (χ1v) is 7.97. The highest BCUT2D eigenvalue weighted by atomic mass is 16.4. The van der Waals surface area contributed by atoms with E-state index in [4.69, 9.17) is 0 Å². The van der Waals surface area contributed by atoms with Crippen molar-refractivity contribution in [3.8, 4) is 0 Å². The fourth-order valence-corrected chi connectivity index (χ4v) is 3.06. The van der Waals surface area contributed by atoms with Crippen molar-refractivity contribution in [1.29, 1.82) is 0 Å². The Morgan fingerprint density at radius 1 is 1.33 bits per heavy atom. The fourth-order valence-electron chi connectivity index (χ4n) is 3.06. The molecule has 0 bridgehead atoms. The Hall–Kier alpha value is -2.45. The molecule has 8 nitrogen and oxygen atoms in total. The molecule has 3 heterocycles. The summed E-state index contributed by atoms with van der Waals surface area (Å²) in [7, 11) is 0. The number of carboxylic acid groups (broad SMARTS) is 1. The molecule has 0 amide bonds. The van der Waals surface area contributed by atoms with Crippen LogP contribution in [0.1, 0.15) is 23.7 Å². The third-order valence-electron chi connectivity index (χ3n) is 4.23. The van der Waals surface area contributed by atoms with Crippen molar-refractivity contribution in [3.63, 3.8) is 0 Å². The average molecular weight is 332 g/mol. The maximum absolute atomic E-state index is 12.3. The van der Waals surface area contributed by atoms with Gasteiger partial charge in [-0.25, -0.2) is 14.8 Å². The summed E-state index contributed by atoms with van der Waals surface area (Å²) in [5.41, 5.74) is -0.294. The quantitative estimate of drug-likeness (QED) is 0.824. The van der Waals surface area contributed by atoms with Crippen molar-refractivity contribution in [3.05, 3.63) is 34.1 Å². The Kier molecular flexibility index (Phi) is 4.50. The van der Waals surface area contributed by atoms with Gasteiger partial charge in [-0.15, -0.1) is 0 Å². The van der Waals surface area contributed by atoms with Crippen molar-refractivity contribution in [2.24, 2.45) is 0 Å². The van der Waals surface area contributed by atoms with Crippen molar-refractivity contribution in [2.75, 3.05) is 31.3 Å². The largest absolute Gasteiger partial charge is 0.477 e. The molecule has 2 aromatic heterocycles. The van der Waals surface area contributed by atoms with Crippen LogP contribution in [0.2, 0.25) is 0 Å². The van der Waals surface area contributed by atoms with E-state index in [0.717, 1.165) is 19.5 Å². The number of hydrogen-bond acceptors (Lipinski definition) is 6. The molecule has 1 saturated heterocycles. The summed E-state index contributed by atoms with van der Waals surface area (Å²) in [5, 5.41) is 22.7. The maximum Gasteiger partial charge on any atom is 0.341 e. The maximum atomic E-state index is 12.3. The number of rotatable bonds is 5. The van der Waals surface area contributed by atoms with Gasteiger partial charge in [0.15, 0.2) is 0 Å². The molecule has 0 radical (unpaired) electrons. The minimum Gasteiger partial charge on any atom is -0.477 e. The lowest BCUT2D eigenvalue weighted by Crippen LogP contribution is -2.39. The van der Waals surface area contributed by atoms with Gasteiger partial charge in [-0.3, -0.25) is 9.80 Å². The number of β-amino-alcohol motifs (C(OH)–C–C–N with tert-alkyl or cyclic N) is 1. The summed E-state index contributed by atoms with van der Waals surface area (Å²) in [4.78, 5) is 28.2. The monoisotopic (exact) mass is 332 g/mol. The van der Waals surface area contributed by atoms with Gasteiger partial charge in [0.05, 0.1) is 12.0 Å². The first kappa shape index (κ1) is 16.4. The summed E-state index contributed by atoms with van der Waals surface area (Å²) < 4.78 is 1.68. The van der Waals surface area contributed by atoms with E-state index >= 15 is 0 Å². The van der Waals surface area contributed by atoms with Crippen molar-refractivity contribution in [2.45, 2.75) is 19.9 Å². The Labute approximate surface area is 138 Å². The average Bonchev–Trinajstić information content (AvgIpc) is 3.03. The van der Waals surface area contributed by atoms with Gasteiger partial charge in [0.1, 0.15) is 17.0 Å². The number of aromatic nitrogens is 2. The molecular formula is C16H20N4O4. The third-order valence-corrected chi connectivity index (χ3v) is 4.23. The first-order chi connectivity index (χ1) is 11.6. The molecule has 3 rings (SSSR count). The second-order valence-corrected chi connectivity index (χ2v) is 5.66. The van der Waals surface area contributed by atoms with Crippen LogP contribution in [-0.2, 0) is 6.54 Å². The van der Waals surface area contributed by atoms with Gasteiger partial charge in [0.25, 0.3) is 0 Å². The standard InChI is InChI=1S/C16H20N4O4/c1-2-18-10-12(16(23)24)14(22)11-4-5-13(17-15(11)18)20-7-3-6-19(20)8-9-21/h4-5,10,21H,2-3,6-9H2,1H3,(H,23,24). The number of aryl methyl sites for hydroxylation is 1. The molecule has 0 saturated carbocycles. The summed E-state index contributed by atoms with van der Waals surface area (Å²) >= 11 is 0. The van der Waals surface area contributed by atoms with Crippen LogP contribution in [0.5, 0.6) is 0 Å². The molecule has 2 N–H and O–H groups in total. The van der Waals surface area contributed by atoms with E-state index in [0.29, 0.717) is 29.9 Å². The molecule has 1 aliphatic heterocycles. The number of aromatic carboxylic acids is 1. The first-order valence-electron chi connectivity index (χ1n) is 7.97. The van der Waals surface area contributed by atoms with Gasteiger partial charge in [-0.05, 0) is 25.5 Å². The minimum absolute atomic E-state index is 0.0612. The zero-order chi connectivity index (χ0) is 17.3. The number of anilines is 1. The number of carboxylic acids is 1. The van der Waals surface area contributed by atoms with Gasteiger partial charge in [0, 0.05) is 32.4 Å². The SMILES string of the molecule is CCn1cc(C(=O)O)c(=O)c2ccc(N3CCCN3CCO)nc21. The number of carbonyl (C=O) groups is 1. The smallest absolute Gasteiger partial charge is 0.341 e. The summed E-state index contributed by atoms with van der Waals surface area (Å²) in [6, 6.07) is 3.36. The fraction of sp³-hybridized carbons (Fsp3) is 0.438. The molecule has 1 aliphatic rings. The minimum atomic E-state index is -1.23. The van der Waals surface area contributed by atoms with Crippen LogP contribution in [0.3, 0.4) is 0 Å². The lowest BCUT2D eigenvalue weighted by molar-refractivity contribution is 0.0695. The lowest BCUT2D eigenvalue weighted by Gasteiger charge is -2.28. The molecule has 0 aromatic carbocycles. The molecule has 0 spiro atoms. The summed E-state index contributed by atoms with van der Waals surface area (Å²) in [6.45, 7) is 4.61. The topological polar surface area (TPSA) is 98.9 Å². The molecule has 128 valence electrons. The third kappa shape index (κ3) is 2.74. The van der Waals surface area contributed by atoms with Crippen LogP contribution < -0.4 is 10.4 Å². The zero-order valence-corrected chi connectivity index (χ0v) is 13.5. The second kappa shape index (κ2) is 6.58. The molecule has 2 aromatic rings. The number of hydrogen-bond donors (Lipinski definition) is 2. The van der Waals surface area contributed by atoms with E-state index in [1.54, 1.807) is 16.7 Å². The molecule has 24 heavy (non-hydrogen) atoms. The number of nitrogens with zero attached hydrogens (tertiary/aromatic N) is 4. The Morgan fingerprint density at radius 2 is 2.12 bits per heavy atom. The number of hydrazine groups is 1. The van der Waals surface area contributed by atoms with Crippen LogP contribution >= 0.6 is 0 Å². The predicted octanol–water partition coefficient (Wildman–Crippen LogP) is 0.534. The van der Waals surface area contributed by atoms with Gasteiger partial charge in [-0.1, -0.05) is 0 Å². The predicted molar refractivity (Wildman–Crippen MR) is 89.3 cm³/mol. The van der Waals surface area contributed by atoms with Gasteiger partial charge >= 0.3 is 5.97 Å². The highest BCUT2D eigenvalue weighted by molar-refractivity contribution is 5.92. The van der Waals surface area contributed by atoms with Crippen LogP contribution in [0.4, 0.5) is 5.82 Å². The Bertz CT molecular complexity index is 833. The van der Waals surface area contributed by atoms with E-state index in [-0.39, 0.29) is 12.2 Å². The van der Waals surface area contributed by atoms with Crippen LogP contribution in [0.25, 0.3) is 11.0 Å². The highest BCUT2D eigenvalue weighted by Crippen LogP contribution is 2.22. The van der Waals surface area contributed by atoms with Crippen molar-refractivity contribution < 1.29 is 15.0 Å². The summed E-state index contributed by atoms with van der Waals surface area (Å²) in [6.07, 6.45) is 2.32.